The van der Waals surface area contributed by atoms with Gasteiger partial charge in [0.2, 0.25) is 17.8 Å². The number of nitrogen functional groups attached to an aromatic ring is 1. The molecule has 3 N–H and O–H groups in total. The van der Waals surface area contributed by atoms with Crippen LogP contribution in [0.15, 0.2) is 0 Å². The lowest BCUT2D eigenvalue weighted by Crippen LogP contribution is -2.28. The first-order chi connectivity index (χ1) is 8.06. The van der Waals surface area contributed by atoms with E-state index in [4.69, 9.17) is 10.5 Å². The Labute approximate surface area is 100 Å². The first-order valence-corrected chi connectivity index (χ1v) is 5.63. The summed E-state index contributed by atoms with van der Waals surface area (Å²) in [7, 11) is 3.72. The van der Waals surface area contributed by atoms with Gasteiger partial charge in [-0.15, -0.1) is 0 Å². The van der Waals surface area contributed by atoms with Gasteiger partial charge in [0.25, 0.3) is 0 Å². The maximum absolute atomic E-state index is 5.65. The maximum atomic E-state index is 5.65. The van der Waals surface area contributed by atoms with Crippen molar-refractivity contribution in [2.45, 2.75) is 25.5 Å². The molecule has 1 fully saturated rings. The second-order valence-corrected chi connectivity index (χ2v) is 4.33. The predicted octanol–water partition coefficient (Wildman–Crippen LogP) is 0.109. The molecule has 1 saturated heterocycles. The van der Waals surface area contributed by atoms with Gasteiger partial charge >= 0.3 is 0 Å². The molecule has 0 aromatic carbocycles. The number of anilines is 3. The number of nitrogens with zero attached hydrogens (tertiary/aromatic N) is 4. The molecule has 0 bridgehead atoms. The van der Waals surface area contributed by atoms with Crippen LogP contribution >= 0.6 is 0 Å². The minimum Gasteiger partial charge on any atom is -0.376 e. The normalized spacial score (nSPS) is 23.7. The molecule has 7 heteroatoms. The highest BCUT2D eigenvalue weighted by Gasteiger charge is 2.25. The predicted molar refractivity (Wildman–Crippen MR) is 66.0 cm³/mol. The summed E-state index contributed by atoms with van der Waals surface area (Å²) in [5, 5.41) is 3.23. The van der Waals surface area contributed by atoms with Crippen molar-refractivity contribution in [3.05, 3.63) is 0 Å². The molecule has 2 heterocycles. The van der Waals surface area contributed by atoms with Gasteiger partial charge in [-0.2, -0.15) is 15.0 Å². The van der Waals surface area contributed by atoms with Crippen molar-refractivity contribution < 1.29 is 4.74 Å². The first-order valence-electron chi connectivity index (χ1n) is 5.63. The Kier molecular flexibility index (Phi) is 3.28. The maximum Gasteiger partial charge on any atom is 0.231 e. The minimum atomic E-state index is 0.163. The van der Waals surface area contributed by atoms with Crippen molar-refractivity contribution in [1.82, 2.24) is 15.0 Å². The molecular weight excluding hydrogens is 220 g/mol. The molecule has 0 radical (unpaired) electrons. The van der Waals surface area contributed by atoms with Gasteiger partial charge in [-0.3, -0.25) is 0 Å². The first kappa shape index (κ1) is 11.8. The number of ether oxygens (including phenoxy) is 1. The molecule has 17 heavy (non-hydrogen) atoms. The summed E-state index contributed by atoms with van der Waals surface area (Å²) < 4.78 is 5.47. The third-order valence-corrected chi connectivity index (χ3v) is 2.73. The van der Waals surface area contributed by atoms with Crippen molar-refractivity contribution in [3.8, 4) is 0 Å². The van der Waals surface area contributed by atoms with E-state index in [1.165, 1.54) is 0 Å². The van der Waals surface area contributed by atoms with E-state index >= 15 is 0 Å². The van der Waals surface area contributed by atoms with E-state index in [0.29, 0.717) is 11.9 Å². The van der Waals surface area contributed by atoms with Gasteiger partial charge in [0, 0.05) is 20.7 Å². The van der Waals surface area contributed by atoms with E-state index in [0.717, 1.165) is 13.0 Å². The molecule has 1 aliphatic rings. The van der Waals surface area contributed by atoms with Crippen LogP contribution in [-0.4, -0.2) is 47.8 Å². The summed E-state index contributed by atoms with van der Waals surface area (Å²) in [6.07, 6.45) is 1.11. The fraction of sp³-hybridized carbons (Fsp3) is 0.700. The van der Waals surface area contributed by atoms with E-state index < -0.39 is 0 Å². The molecule has 0 saturated carbocycles. The number of nitrogens with two attached hydrogens (primary N) is 1. The van der Waals surface area contributed by atoms with Crippen molar-refractivity contribution in [2.24, 2.45) is 0 Å². The topological polar surface area (TPSA) is 89.2 Å². The summed E-state index contributed by atoms with van der Waals surface area (Å²) in [4.78, 5) is 14.2. The van der Waals surface area contributed by atoms with Gasteiger partial charge in [0.1, 0.15) is 0 Å². The largest absolute Gasteiger partial charge is 0.376 e. The zero-order valence-electron chi connectivity index (χ0n) is 10.3. The third-order valence-electron chi connectivity index (χ3n) is 2.73. The SMILES string of the molecule is CC1OCCC1Nc1nc(N)nc(N(C)C)n1. The Balaban J connectivity index is 2.15. The van der Waals surface area contributed by atoms with Gasteiger partial charge in [-0.25, -0.2) is 0 Å². The van der Waals surface area contributed by atoms with Crippen molar-refractivity contribution in [2.75, 3.05) is 36.7 Å². The second kappa shape index (κ2) is 4.70. The number of aromatic nitrogens is 3. The lowest BCUT2D eigenvalue weighted by Gasteiger charge is -2.17. The molecule has 2 rings (SSSR count). The summed E-state index contributed by atoms with van der Waals surface area (Å²) in [6.45, 7) is 2.79. The third kappa shape index (κ3) is 2.73. The molecule has 2 unspecified atom stereocenters. The number of hydrogen-bond acceptors (Lipinski definition) is 7. The quantitative estimate of drug-likeness (QED) is 0.772. The number of nitrogens with one attached hydrogen (secondary N) is 1. The van der Waals surface area contributed by atoms with Crippen LogP contribution < -0.4 is 16.0 Å². The Morgan fingerprint density at radius 3 is 2.71 bits per heavy atom. The molecule has 0 aliphatic carbocycles. The lowest BCUT2D eigenvalue weighted by atomic mass is 10.2. The fourth-order valence-corrected chi connectivity index (χ4v) is 1.73. The molecule has 7 nitrogen and oxygen atoms in total. The second-order valence-electron chi connectivity index (χ2n) is 4.33. The summed E-state index contributed by atoms with van der Waals surface area (Å²) in [5.41, 5.74) is 5.65. The Bertz CT molecular complexity index is 396. The van der Waals surface area contributed by atoms with Crippen LogP contribution in [0.4, 0.5) is 17.8 Å². The van der Waals surface area contributed by atoms with Crippen LogP contribution in [0.2, 0.25) is 0 Å². The number of hydrogen-bond donors (Lipinski definition) is 2. The minimum absolute atomic E-state index is 0.163. The number of rotatable bonds is 3. The van der Waals surface area contributed by atoms with Crippen molar-refractivity contribution in [1.29, 1.82) is 0 Å². The summed E-state index contributed by atoms with van der Waals surface area (Å²) in [6, 6.07) is 0.229. The van der Waals surface area contributed by atoms with Crippen molar-refractivity contribution in [3.63, 3.8) is 0 Å². The highest BCUT2D eigenvalue weighted by Crippen LogP contribution is 2.18. The van der Waals surface area contributed by atoms with E-state index in [2.05, 4.69) is 20.3 Å². The molecule has 0 amide bonds. The Morgan fingerprint density at radius 1 is 1.35 bits per heavy atom. The van der Waals surface area contributed by atoms with Crippen LogP contribution in [0, 0.1) is 0 Å². The van der Waals surface area contributed by atoms with Crippen LogP contribution in [-0.2, 0) is 4.74 Å². The van der Waals surface area contributed by atoms with Gasteiger partial charge in [-0.05, 0) is 13.3 Å². The Hall–Kier alpha value is -1.63. The van der Waals surface area contributed by atoms with Crippen molar-refractivity contribution >= 4 is 17.8 Å². The van der Waals surface area contributed by atoms with E-state index in [-0.39, 0.29) is 18.1 Å². The average Bonchev–Trinajstić information content (AvgIpc) is 2.63. The molecule has 1 aromatic rings. The lowest BCUT2D eigenvalue weighted by molar-refractivity contribution is 0.121. The zero-order chi connectivity index (χ0) is 12.4. The molecular formula is C10H18N6O. The van der Waals surface area contributed by atoms with Crippen LogP contribution in [0.5, 0.6) is 0 Å². The monoisotopic (exact) mass is 238 g/mol. The van der Waals surface area contributed by atoms with E-state index in [9.17, 15) is 0 Å². The molecule has 0 spiro atoms. The summed E-state index contributed by atoms with van der Waals surface area (Å²) in [5.74, 6) is 1.27. The molecule has 94 valence electrons. The van der Waals surface area contributed by atoms with Gasteiger partial charge in [0.15, 0.2) is 0 Å². The highest BCUT2D eigenvalue weighted by molar-refractivity contribution is 5.41. The summed E-state index contributed by atoms with van der Waals surface area (Å²) >= 11 is 0. The van der Waals surface area contributed by atoms with Gasteiger partial charge < -0.3 is 20.7 Å². The van der Waals surface area contributed by atoms with Crippen LogP contribution in [0.1, 0.15) is 13.3 Å². The fourth-order valence-electron chi connectivity index (χ4n) is 1.73. The zero-order valence-corrected chi connectivity index (χ0v) is 10.3. The van der Waals surface area contributed by atoms with E-state index in [1.54, 1.807) is 4.90 Å². The average molecular weight is 238 g/mol. The highest BCUT2D eigenvalue weighted by atomic mass is 16.5. The van der Waals surface area contributed by atoms with E-state index in [1.807, 2.05) is 21.0 Å². The van der Waals surface area contributed by atoms with Crippen LogP contribution in [0.3, 0.4) is 0 Å². The molecule has 1 aromatic heterocycles. The molecule has 1 aliphatic heterocycles. The smallest absolute Gasteiger partial charge is 0.231 e. The molecule has 2 atom stereocenters. The van der Waals surface area contributed by atoms with Crippen LogP contribution in [0.25, 0.3) is 0 Å². The standard InChI is InChI=1S/C10H18N6O/c1-6-7(4-5-17-6)12-9-13-8(11)14-10(15-9)16(2)3/h6-7H,4-5H2,1-3H3,(H3,11,12,13,14,15). The van der Waals surface area contributed by atoms with Gasteiger partial charge in [0.05, 0.1) is 12.1 Å². The van der Waals surface area contributed by atoms with Gasteiger partial charge in [-0.1, -0.05) is 0 Å². The Morgan fingerprint density at radius 2 is 2.12 bits per heavy atom.